The lowest BCUT2D eigenvalue weighted by molar-refractivity contribution is -0.0524. The molecule has 0 unspecified atom stereocenters. The molecule has 1 saturated carbocycles. The minimum Gasteiger partial charge on any atom is -0.487 e. The number of pyridine rings is 1. The lowest BCUT2D eigenvalue weighted by atomic mass is 9.55. The Morgan fingerprint density at radius 2 is 1.80 bits per heavy atom. The summed E-state index contributed by atoms with van der Waals surface area (Å²) in [5, 5.41) is 0. The summed E-state index contributed by atoms with van der Waals surface area (Å²) in [4.78, 5) is 4.61. The maximum Gasteiger partial charge on any atom is 0.534 e. The molecule has 220 valence electrons. The lowest BCUT2D eigenvalue weighted by Crippen LogP contribution is -2.42. The molecule has 41 heavy (non-hydrogen) atoms. The topological polar surface area (TPSA) is 65.5 Å². The largest absolute Gasteiger partial charge is 0.534 e. The molecule has 2 aliphatic carbocycles. The van der Waals surface area contributed by atoms with Gasteiger partial charge in [0.1, 0.15) is 18.1 Å². The summed E-state index contributed by atoms with van der Waals surface area (Å²) < 4.78 is 74.9. The van der Waals surface area contributed by atoms with Crippen LogP contribution in [0.5, 0.6) is 0 Å². The molecule has 4 rings (SSSR count). The number of alkyl halides is 3. The lowest BCUT2D eigenvalue weighted by Gasteiger charge is -2.48. The predicted octanol–water partition coefficient (Wildman–Crippen LogP) is 8.63. The molecule has 2 aliphatic rings. The minimum atomic E-state index is -5.86. The molecule has 0 spiro atoms. The summed E-state index contributed by atoms with van der Waals surface area (Å²) in [6, 6.07) is 13.0. The van der Waals surface area contributed by atoms with Crippen LogP contribution in [0.25, 0.3) is 12.2 Å². The van der Waals surface area contributed by atoms with Crippen molar-refractivity contribution in [2.45, 2.75) is 64.5 Å². The first-order valence-corrected chi connectivity index (χ1v) is 15.0. The van der Waals surface area contributed by atoms with Crippen LogP contribution in [0.4, 0.5) is 13.2 Å². The Hall–Kier alpha value is -3.59. The quantitative estimate of drug-likeness (QED) is 0.217. The van der Waals surface area contributed by atoms with Crippen LogP contribution in [0.1, 0.15) is 69.5 Å². The third kappa shape index (κ3) is 7.19. The third-order valence-corrected chi connectivity index (χ3v) is 7.84. The second-order valence-electron chi connectivity index (χ2n) is 9.70. The molecule has 1 aromatic heterocycles. The zero-order valence-electron chi connectivity index (χ0n) is 23.7. The Morgan fingerprint density at radius 3 is 2.39 bits per heavy atom. The van der Waals surface area contributed by atoms with Gasteiger partial charge < -0.3 is 8.92 Å². The first-order chi connectivity index (χ1) is 19.5. The van der Waals surface area contributed by atoms with E-state index in [1.807, 2.05) is 82.3 Å². The number of allylic oxidation sites excluding steroid dienone is 5. The summed E-state index contributed by atoms with van der Waals surface area (Å²) in [7, 11) is -5.86. The first-order valence-electron chi connectivity index (χ1n) is 13.5. The van der Waals surface area contributed by atoms with Crippen LogP contribution in [0, 0.1) is 5.92 Å². The molecule has 0 aliphatic heterocycles. The van der Waals surface area contributed by atoms with Gasteiger partial charge in [-0.1, -0.05) is 82.0 Å². The summed E-state index contributed by atoms with van der Waals surface area (Å²) in [5.41, 5.74) is -2.79. The van der Waals surface area contributed by atoms with Crippen LogP contribution in [0.3, 0.4) is 0 Å². The van der Waals surface area contributed by atoms with E-state index in [0.717, 1.165) is 16.8 Å². The standard InChI is InChI=1S/C30H30F3NO4S.C2H6/c1-4-10-27-22(5-2)15-16-24(34-27)20-37-25-13-9-14-28(38-39(35,36)30(31,32)33)26(17-25)29(18-21(3)19-29)23-11-7-6-8-12-23;1-2/h4-13,15-17,21H,2,14,18-20H2,1,3H3;1-2H3/b10-4-;. The fourth-order valence-electron chi connectivity index (χ4n) is 5.14. The Bertz CT molecular complexity index is 1450. The maximum absolute atomic E-state index is 13.3. The van der Waals surface area contributed by atoms with Crippen molar-refractivity contribution >= 4 is 22.3 Å². The monoisotopic (exact) mass is 587 g/mol. The van der Waals surface area contributed by atoms with Crippen LogP contribution in [-0.4, -0.2) is 18.9 Å². The number of ether oxygens (including phenoxy) is 1. The normalized spacial score (nSPS) is 20.9. The predicted molar refractivity (Wildman–Crippen MR) is 157 cm³/mol. The zero-order valence-corrected chi connectivity index (χ0v) is 24.6. The van der Waals surface area contributed by atoms with Gasteiger partial charge in [0.15, 0.2) is 0 Å². The molecule has 0 atom stereocenters. The highest BCUT2D eigenvalue weighted by molar-refractivity contribution is 7.87. The van der Waals surface area contributed by atoms with E-state index in [4.69, 9.17) is 8.92 Å². The zero-order chi connectivity index (χ0) is 30.3. The molecule has 2 aromatic rings. The van der Waals surface area contributed by atoms with Gasteiger partial charge in [-0.05, 0) is 61.1 Å². The Balaban J connectivity index is 0.00000226. The average molecular weight is 588 g/mol. The second kappa shape index (κ2) is 13.4. The number of rotatable bonds is 9. The molecule has 0 radical (unpaired) electrons. The Labute approximate surface area is 240 Å². The van der Waals surface area contributed by atoms with Gasteiger partial charge in [0.2, 0.25) is 0 Å². The van der Waals surface area contributed by atoms with Gasteiger partial charge in [-0.2, -0.15) is 21.6 Å². The SMILES string of the molecule is C=Cc1ccc(COC2=CC(C3(c4ccccc4)CC(C)C3)=C(OS(=O)(=O)C(F)(F)F)CC=C2)nc1/C=C\C.CC. The molecule has 0 N–H and O–H groups in total. The van der Waals surface area contributed by atoms with E-state index in [2.05, 4.69) is 11.6 Å². The highest BCUT2D eigenvalue weighted by atomic mass is 32.2. The van der Waals surface area contributed by atoms with E-state index in [9.17, 15) is 21.6 Å². The highest BCUT2D eigenvalue weighted by Crippen LogP contribution is 2.55. The van der Waals surface area contributed by atoms with Crippen molar-refractivity contribution in [1.82, 2.24) is 4.98 Å². The molecule has 0 amide bonds. The summed E-state index contributed by atoms with van der Waals surface area (Å²) in [6.07, 6.45) is 11.3. The van der Waals surface area contributed by atoms with Crippen molar-refractivity contribution in [2.75, 3.05) is 0 Å². The van der Waals surface area contributed by atoms with E-state index >= 15 is 0 Å². The van der Waals surface area contributed by atoms with Crippen LogP contribution in [-0.2, 0) is 31.1 Å². The van der Waals surface area contributed by atoms with Crippen LogP contribution < -0.4 is 0 Å². The van der Waals surface area contributed by atoms with E-state index in [1.54, 1.807) is 24.3 Å². The van der Waals surface area contributed by atoms with E-state index < -0.39 is 21.0 Å². The summed E-state index contributed by atoms with van der Waals surface area (Å²) in [6.45, 7) is 11.8. The van der Waals surface area contributed by atoms with Gasteiger partial charge in [-0.25, -0.2) is 4.98 Å². The number of nitrogens with zero attached hydrogens (tertiary/aromatic N) is 1. The molecule has 1 heterocycles. The number of aromatic nitrogens is 1. The second-order valence-corrected chi connectivity index (χ2v) is 11.2. The van der Waals surface area contributed by atoms with Gasteiger partial charge in [-0.15, -0.1) is 0 Å². The van der Waals surface area contributed by atoms with E-state index in [0.29, 0.717) is 29.9 Å². The van der Waals surface area contributed by atoms with Gasteiger partial charge in [0, 0.05) is 17.4 Å². The fraction of sp³-hybridized carbons (Fsp3) is 0.344. The average Bonchev–Trinajstić information content (AvgIpc) is 3.13. The number of halogens is 3. The van der Waals surface area contributed by atoms with Crippen LogP contribution in [0.15, 0.2) is 90.4 Å². The number of hydrogen-bond acceptors (Lipinski definition) is 5. The maximum atomic E-state index is 13.3. The molecule has 0 bridgehead atoms. The van der Waals surface area contributed by atoms with Crippen molar-refractivity contribution < 1.29 is 30.5 Å². The van der Waals surface area contributed by atoms with Gasteiger partial charge >= 0.3 is 15.6 Å². The minimum absolute atomic E-state index is 0.0945. The van der Waals surface area contributed by atoms with Crippen molar-refractivity contribution in [3.8, 4) is 0 Å². The third-order valence-electron chi connectivity index (χ3n) is 6.85. The van der Waals surface area contributed by atoms with Crippen molar-refractivity contribution in [2.24, 2.45) is 5.92 Å². The van der Waals surface area contributed by atoms with E-state index in [-0.39, 0.29) is 24.7 Å². The van der Waals surface area contributed by atoms with Gasteiger partial charge in [-0.3, -0.25) is 0 Å². The molecule has 9 heteroatoms. The molecule has 1 aromatic carbocycles. The summed E-state index contributed by atoms with van der Waals surface area (Å²) in [5.74, 6) is 0.386. The van der Waals surface area contributed by atoms with Crippen LogP contribution in [0.2, 0.25) is 0 Å². The molecule has 5 nitrogen and oxygen atoms in total. The molecular formula is C32H36F3NO4S. The number of hydrogen-bond donors (Lipinski definition) is 0. The molecular weight excluding hydrogens is 551 g/mol. The molecule has 0 saturated heterocycles. The van der Waals surface area contributed by atoms with E-state index in [1.165, 1.54) is 0 Å². The molecule has 1 fully saturated rings. The van der Waals surface area contributed by atoms with Crippen LogP contribution >= 0.6 is 0 Å². The Kier molecular flexibility index (Phi) is 10.4. The fourth-order valence-corrected chi connectivity index (χ4v) is 5.66. The van der Waals surface area contributed by atoms with Crippen molar-refractivity contribution in [1.29, 1.82) is 0 Å². The first kappa shape index (κ1) is 31.9. The van der Waals surface area contributed by atoms with Crippen molar-refractivity contribution in [3.63, 3.8) is 0 Å². The Morgan fingerprint density at radius 1 is 1.12 bits per heavy atom. The summed E-state index contributed by atoms with van der Waals surface area (Å²) >= 11 is 0. The van der Waals surface area contributed by atoms with Gasteiger partial charge in [0.25, 0.3) is 0 Å². The number of benzene rings is 1. The smallest absolute Gasteiger partial charge is 0.487 e. The van der Waals surface area contributed by atoms with Gasteiger partial charge in [0.05, 0.1) is 11.4 Å². The highest BCUT2D eigenvalue weighted by Gasteiger charge is 2.51. The van der Waals surface area contributed by atoms with Crippen molar-refractivity contribution in [3.05, 3.63) is 113 Å².